The second kappa shape index (κ2) is 4.93. The van der Waals surface area contributed by atoms with Crippen LogP contribution in [0.3, 0.4) is 0 Å². The van der Waals surface area contributed by atoms with Gasteiger partial charge in [0, 0.05) is 22.8 Å². The van der Waals surface area contributed by atoms with Gasteiger partial charge in [0.05, 0.1) is 12.6 Å². The Morgan fingerprint density at radius 3 is 3.05 bits per heavy atom. The molecule has 1 atom stereocenters. The molecule has 1 N–H and O–H groups in total. The lowest BCUT2D eigenvalue weighted by molar-refractivity contribution is -0.140. The number of aromatic nitrogens is 1. The molecule has 2 amide bonds. The highest BCUT2D eigenvalue weighted by Crippen LogP contribution is 2.27. The standard InChI is InChI=1S/C12H12BrN3O4/c13-8-1-7-3-16-9(6-20-11(7)14-2-8)4-15(12(18)19)5-10(16)17/h1-2,9H,3-6H2,(H,18,19). The van der Waals surface area contributed by atoms with Crippen LogP contribution < -0.4 is 4.74 Å². The molecule has 20 heavy (non-hydrogen) atoms. The number of carbonyl (C=O) groups is 2. The van der Waals surface area contributed by atoms with E-state index in [1.807, 2.05) is 6.07 Å². The van der Waals surface area contributed by atoms with Gasteiger partial charge in [0.25, 0.3) is 0 Å². The predicted molar refractivity (Wildman–Crippen MR) is 71.4 cm³/mol. The maximum Gasteiger partial charge on any atom is 0.407 e. The van der Waals surface area contributed by atoms with Gasteiger partial charge in [0.2, 0.25) is 11.8 Å². The lowest BCUT2D eigenvalue weighted by Crippen LogP contribution is -2.58. The summed E-state index contributed by atoms with van der Waals surface area (Å²) in [5.41, 5.74) is 0.819. The summed E-state index contributed by atoms with van der Waals surface area (Å²) in [5.74, 6) is 0.289. The van der Waals surface area contributed by atoms with Crippen molar-refractivity contribution in [3.8, 4) is 5.88 Å². The number of hydrogen-bond acceptors (Lipinski definition) is 4. The van der Waals surface area contributed by atoms with Gasteiger partial charge in [-0.05, 0) is 22.0 Å². The molecule has 7 nitrogen and oxygen atoms in total. The zero-order valence-corrected chi connectivity index (χ0v) is 12.0. The number of nitrogens with zero attached hydrogens (tertiary/aromatic N) is 3. The molecule has 3 heterocycles. The molecular formula is C12H12BrN3O4. The van der Waals surface area contributed by atoms with Crippen LogP contribution >= 0.6 is 15.9 Å². The molecule has 2 aliphatic heterocycles. The number of halogens is 1. The van der Waals surface area contributed by atoms with E-state index in [9.17, 15) is 9.59 Å². The lowest BCUT2D eigenvalue weighted by Gasteiger charge is -2.38. The maximum atomic E-state index is 12.1. The molecule has 1 aromatic heterocycles. The Kier molecular flexibility index (Phi) is 3.25. The first-order valence-corrected chi connectivity index (χ1v) is 6.88. The first-order valence-electron chi connectivity index (χ1n) is 6.09. The van der Waals surface area contributed by atoms with Gasteiger partial charge in [-0.15, -0.1) is 0 Å². The first kappa shape index (κ1) is 13.2. The number of hydrogen-bond donors (Lipinski definition) is 1. The SMILES string of the molecule is O=C(O)N1CC(=O)N2Cc3cc(Br)cnc3OCC2C1. The van der Waals surface area contributed by atoms with Crippen molar-refractivity contribution in [1.82, 2.24) is 14.8 Å². The van der Waals surface area contributed by atoms with Crippen molar-refractivity contribution in [2.45, 2.75) is 12.6 Å². The fourth-order valence-corrected chi connectivity index (χ4v) is 2.83. The normalized spacial score (nSPS) is 21.6. The number of carbonyl (C=O) groups excluding carboxylic acids is 1. The zero-order valence-electron chi connectivity index (χ0n) is 10.5. The minimum atomic E-state index is -1.08. The molecule has 0 aliphatic carbocycles. The second-order valence-corrected chi connectivity index (χ2v) is 5.68. The van der Waals surface area contributed by atoms with Crippen LogP contribution in [-0.4, -0.2) is 57.6 Å². The Bertz CT molecular complexity index is 580. The third-order valence-electron chi connectivity index (χ3n) is 3.43. The van der Waals surface area contributed by atoms with E-state index >= 15 is 0 Å². The highest BCUT2D eigenvalue weighted by molar-refractivity contribution is 9.10. The molecule has 8 heteroatoms. The summed E-state index contributed by atoms with van der Waals surface area (Å²) in [7, 11) is 0. The van der Waals surface area contributed by atoms with E-state index in [0.717, 1.165) is 14.9 Å². The van der Waals surface area contributed by atoms with Crippen LogP contribution in [0.1, 0.15) is 5.56 Å². The third-order valence-corrected chi connectivity index (χ3v) is 3.87. The van der Waals surface area contributed by atoms with E-state index in [1.165, 1.54) is 0 Å². The Hall–Kier alpha value is -1.83. The van der Waals surface area contributed by atoms with E-state index in [1.54, 1.807) is 11.1 Å². The largest absolute Gasteiger partial charge is 0.475 e. The summed E-state index contributed by atoms with van der Waals surface area (Å²) >= 11 is 3.34. The molecule has 1 aromatic rings. The average molecular weight is 342 g/mol. The van der Waals surface area contributed by atoms with Crippen molar-refractivity contribution in [3.63, 3.8) is 0 Å². The summed E-state index contributed by atoms with van der Waals surface area (Å²) in [6.07, 6.45) is 0.551. The Morgan fingerprint density at radius 2 is 2.30 bits per heavy atom. The quantitative estimate of drug-likeness (QED) is 0.758. The summed E-state index contributed by atoms with van der Waals surface area (Å²) in [4.78, 5) is 30.1. The molecule has 0 spiro atoms. The molecule has 1 saturated heterocycles. The van der Waals surface area contributed by atoms with Gasteiger partial charge < -0.3 is 14.7 Å². The molecule has 0 bridgehead atoms. The van der Waals surface area contributed by atoms with Gasteiger partial charge in [0.1, 0.15) is 13.2 Å². The van der Waals surface area contributed by atoms with Gasteiger partial charge in [0.15, 0.2) is 0 Å². The van der Waals surface area contributed by atoms with Crippen molar-refractivity contribution in [1.29, 1.82) is 0 Å². The van der Waals surface area contributed by atoms with Crippen LogP contribution in [0, 0.1) is 0 Å². The number of ether oxygens (including phenoxy) is 1. The summed E-state index contributed by atoms with van der Waals surface area (Å²) in [6, 6.07) is 1.59. The molecule has 0 aromatic carbocycles. The lowest BCUT2D eigenvalue weighted by atomic mass is 10.1. The smallest absolute Gasteiger partial charge is 0.407 e. The molecule has 106 valence electrons. The molecule has 0 saturated carbocycles. The van der Waals surface area contributed by atoms with Gasteiger partial charge in [-0.2, -0.15) is 0 Å². The molecule has 1 fully saturated rings. The minimum absolute atomic E-state index is 0.109. The predicted octanol–water partition coefficient (Wildman–Crippen LogP) is 0.927. The number of carboxylic acid groups (broad SMARTS) is 1. The van der Waals surface area contributed by atoms with E-state index in [4.69, 9.17) is 9.84 Å². The minimum Gasteiger partial charge on any atom is -0.475 e. The van der Waals surface area contributed by atoms with Gasteiger partial charge in [-0.25, -0.2) is 9.78 Å². The van der Waals surface area contributed by atoms with Crippen LogP contribution in [0.25, 0.3) is 0 Å². The van der Waals surface area contributed by atoms with Crippen molar-refractivity contribution in [3.05, 3.63) is 22.3 Å². The molecule has 0 radical (unpaired) electrons. The summed E-state index contributed by atoms with van der Waals surface area (Å²) in [6.45, 7) is 0.786. The summed E-state index contributed by atoms with van der Waals surface area (Å²) in [5, 5.41) is 9.02. The van der Waals surface area contributed by atoms with E-state index in [2.05, 4.69) is 20.9 Å². The zero-order chi connectivity index (χ0) is 14.3. The van der Waals surface area contributed by atoms with Crippen LogP contribution in [0.15, 0.2) is 16.7 Å². The topological polar surface area (TPSA) is 83.0 Å². The Labute approximate surface area is 123 Å². The number of piperazine rings is 1. The number of pyridine rings is 1. The highest BCUT2D eigenvalue weighted by atomic mass is 79.9. The fraction of sp³-hybridized carbons (Fsp3) is 0.417. The Morgan fingerprint density at radius 1 is 1.50 bits per heavy atom. The van der Waals surface area contributed by atoms with Crippen LogP contribution in [0.2, 0.25) is 0 Å². The van der Waals surface area contributed by atoms with Crippen molar-refractivity contribution in [2.24, 2.45) is 0 Å². The van der Waals surface area contributed by atoms with Crippen molar-refractivity contribution < 1.29 is 19.4 Å². The molecular weight excluding hydrogens is 330 g/mol. The third kappa shape index (κ3) is 2.31. The highest BCUT2D eigenvalue weighted by Gasteiger charge is 2.37. The number of fused-ring (bicyclic) bond motifs is 2. The van der Waals surface area contributed by atoms with Crippen molar-refractivity contribution in [2.75, 3.05) is 19.7 Å². The maximum absolute atomic E-state index is 12.1. The van der Waals surface area contributed by atoms with E-state index < -0.39 is 6.09 Å². The molecule has 1 unspecified atom stereocenters. The van der Waals surface area contributed by atoms with Crippen LogP contribution in [0.5, 0.6) is 5.88 Å². The number of amides is 2. The summed E-state index contributed by atoms with van der Waals surface area (Å²) < 4.78 is 6.42. The molecule has 2 aliphatic rings. The van der Waals surface area contributed by atoms with E-state index in [0.29, 0.717) is 12.4 Å². The van der Waals surface area contributed by atoms with Crippen LogP contribution in [0.4, 0.5) is 4.79 Å². The first-order chi connectivity index (χ1) is 9.54. The van der Waals surface area contributed by atoms with Gasteiger partial charge in [-0.1, -0.05) is 0 Å². The van der Waals surface area contributed by atoms with Crippen molar-refractivity contribution >= 4 is 27.9 Å². The second-order valence-electron chi connectivity index (χ2n) is 4.77. The Balaban J connectivity index is 1.88. The van der Waals surface area contributed by atoms with Gasteiger partial charge in [-0.3, -0.25) is 9.69 Å². The number of rotatable bonds is 0. The van der Waals surface area contributed by atoms with Crippen LogP contribution in [-0.2, 0) is 11.3 Å². The van der Waals surface area contributed by atoms with Gasteiger partial charge >= 0.3 is 6.09 Å². The monoisotopic (exact) mass is 341 g/mol. The fourth-order valence-electron chi connectivity index (χ4n) is 2.45. The average Bonchev–Trinajstić information content (AvgIpc) is 2.58. The molecule has 3 rings (SSSR count). The van der Waals surface area contributed by atoms with E-state index in [-0.39, 0.29) is 31.6 Å².